The quantitative estimate of drug-likeness (QED) is 0.0112. The number of hydrogen-bond donors (Lipinski definition) is 26. The number of nitrogens with two attached hydrogens (primary N) is 9. The summed E-state index contributed by atoms with van der Waals surface area (Å²) in [5.74, 6) is -12.1. The highest BCUT2D eigenvalue weighted by atomic mass is 16.2. The third-order valence-corrected chi connectivity index (χ3v) is 21.8. The molecule has 0 spiro atoms. The number of amides is 12. The van der Waals surface area contributed by atoms with Gasteiger partial charge in [0.25, 0.3) is 0 Å². The summed E-state index contributed by atoms with van der Waals surface area (Å²) in [5, 5.41) is 86.9. The molecular weight excluding hydrogens is 1770 g/mol. The molecule has 35 N–H and O–H groups in total. The van der Waals surface area contributed by atoms with Crippen LogP contribution in [0.4, 0.5) is 0 Å². The van der Waals surface area contributed by atoms with Crippen molar-refractivity contribution in [3.63, 3.8) is 0 Å². The van der Waals surface area contributed by atoms with Crippen LogP contribution < -0.4 is 99.5 Å². The van der Waals surface area contributed by atoms with E-state index in [0.717, 1.165) is 19.6 Å². The van der Waals surface area contributed by atoms with E-state index in [0.29, 0.717) is 41.8 Å². The molecule has 0 saturated carbocycles. The van der Waals surface area contributed by atoms with Crippen molar-refractivity contribution in [2.24, 2.45) is 51.6 Å². The molecule has 0 heterocycles. The molecule has 0 unspecified atom stereocenters. The van der Waals surface area contributed by atoms with Gasteiger partial charge in [-0.1, -0.05) is 121 Å². The Bertz CT molecular complexity index is 4600. The SMILES string of the molecule is C[C@H](c1ccccc1)N(CC(=O)N(CCCNC(=N)N)CC(=O)N(CCCNC(=N)N)CC(=O)N(CC(=O)N(CCCNC(=N)N)CC(=O)N(CCCNC(=N)N)CC(=O)N(CC(=O)N(CCCNC(=N)N)CC(=O)N(CCCNC(=N)N)CC(=O)N(CC(N)=O)[C@@H](C)c1ccccc1)[C@H](C)c1ccccc1)[C@@H](C)c1ccccc1)C(=O)CN(CCCNC(=N)N)C(=O)CNCCCNC(=N)N. The molecule has 0 aromatic heterocycles. The molecule has 12 amide bonds. The fourth-order valence-corrected chi connectivity index (χ4v) is 14.4. The third-order valence-electron chi connectivity index (χ3n) is 21.8. The van der Waals surface area contributed by atoms with E-state index in [1.54, 1.807) is 149 Å². The average molecular weight is 1910 g/mol. The highest BCUT2D eigenvalue weighted by Gasteiger charge is 2.37. The minimum atomic E-state index is -0.984. The van der Waals surface area contributed by atoms with Gasteiger partial charge in [0.1, 0.15) is 19.6 Å². The first-order chi connectivity index (χ1) is 65.2. The van der Waals surface area contributed by atoms with Gasteiger partial charge in [0, 0.05) is 98.2 Å². The van der Waals surface area contributed by atoms with E-state index in [9.17, 15) is 19.2 Å². The number of hydrogen-bond acceptors (Lipinski definition) is 21. The molecule has 49 nitrogen and oxygen atoms in total. The standard InChI is InChI=1S/C88H143N37O12/c1-61(65-25-9-5-10-26-65)122(50-69(89)126)77(134)55-119(46-22-39-112-86(100)101)71(128)51-116(43-19-36-109-83(94)95)75(132)59-124(63(3)67-29-13-7-14-30-67)79(136)57-121(48-24-41-114-88(104)105)73(130)53-118(45-21-38-111-85(98)99)76(133)60-125(64(4)68-31-15-8-16-32-68)80(137)56-120(47-23-40-113-87(102)103)72(129)52-117(44-20-37-110-84(96)97)74(131)58-123(62(2)66-27-11-6-12-28-66)78(135)54-115(42-18-35-108-82(92)93)70(127)49-106-33-17-34-107-81(90)91/h5-16,25-32,61-64,106H,17-24,33-60H2,1-4H3,(H2,89,126)(H4,90,91,107)(H4,92,93,108)(H4,94,95,109)(H4,96,97,110)(H4,98,99,111)(H4,100,101,112)(H4,102,103,113)(H4,104,105,114)/t61-,62+,63+,64-/m0/s1. The zero-order chi connectivity index (χ0) is 101. The second kappa shape index (κ2) is 62.2. The van der Waals surface area contributed by atoms with Gasteiger partial charge >= 0.3 is 0 Å². The minimum absolute atomic E-state index is 0.000900. The molecule has 0 aliphatic carbocycles. The van der Waals surface area contributed by atoms with E-state index >= 15 is 38.4 Å². The average Bonchev–Trinajstić information content (AvgIpc) is 0.845. The van der Waals surface area contributed by atoms with Gasteiger partial charge < -0.3 is 153 Å². The van der Waals surface area contributed by atoms with Gasteiger partial charge in [-0.05, 0) is 108 Å². The Morgan fingerprint density at radius 2 is 0.394 bits per heavy atom. The number of carbonyl (C=O) groups is 12. The van der Waals surface area contributed by atoms with Crippen molar-refractivity contribution < 1.29 is 57.5 Å². The van der Waals surface area contributed by atoms with Gasteiger partial charge in [-0.15, -0.1) is 0 Å². The van der Waals surface area contributed by atoms with Crippen molar-refractivity contribution >= 4 is 119 Å². The minimum Gasteiger partial charge on any atom is -0.370 e. The molecule has 752 valence electrons. The largest absolute Gasteiger partial charge is 0.370 e. The first kappa shape index (κ1) is 114. The van der Waals surface area contributed by atoms with E-state index < -0.39 is 197 Å². The maximum absolute atomic E-state index is 15.7. The summed E-state index contributed by atoms with van der Waals surface area (Å²) in [4.78, 5) is 193. The van der Waals surface area contributed by atoms with Gasteiger partial charge in [0.05, 0.1) is 83.1 Å². The molecule has 137 heavy (non-hydrogen) atoms. The van der Waals surface area contributed by atoms with E-state index in [1.807, 2.05) is 0 Å². The van der Waals surface area contributed by atoms with Crippen molar-refractivity contribution in [2.75, 3.05) is 183 Å². The van der Waals surface area contributed by atoms with Crippen LogP contribution >= 0.6 is 0 Å². The summed E-state index contributed by atoms with van der Waals surface area (Å²) < 4.78 is 0. The topological polar surface area (TPSA) is 774 Å². The summed E-state index contributed by atoms with van der Waals surface area (Å²) >= 11 is 0. The van der Waals surface area contributed by atoms with Crippen LogP contribution in [0.2, 0.25) is 0 Å². The van der Waals surface area contributed by atoms with Crippen LogP contribution in [0.3, 0.4) is 0 Å². The Kier molecular flexibility index (Phi) is 51.7. The van der Waals surface area contributed by atoms with E-state index in [4.69, 9.17) is 94.9 Å². The molecule has 4 atom stereocenters. The Morgan fingerprint density at radius 1 is 0.226 bits per heavy atom. The summed E-state index contributed by atoms with van der Waals surface area (Å²) in [6.07, 6.45) is 1.11. The monoisotopic (exact) mass is 1910 g/mol. The number of rotatable bonds is 64. The molecule has 0 radical (unpaired) electrons. The van der Waals surface area contributed by atoms with Crippen molar-refractivity contribution in [3.05, 3.63) is 144 Å². The number of primary amides is 1. The number of carbonyl (C=O) groups excluding carboxylic acids is 12. The van der Waals surface area contributed by atoms with Gasteiger partial charge in [0.2, 0.25) is 70.9 Å². The van der Waals surface area contributed by atoms with Crippen LogP contribution in [0.1, 0.15) is 125 Å². The predicted molar refractivity (Wildman–Crippen MR) is 521 cm³/mol. The van der Waals surface area contributed by atoms with Crippen molar-refractivity contribution in [2.45, 2.75) is 103 Å². The second-order valence-electron chi connectivity index (χ2n) is 32.3. The first-order valence-electron chi connectivity index (χ1n) is 45.1. The van der Waals surface area contributed by atoms with E-state index in [-0.39, 0.29) is 161 Å². The lowest BCUT2D eigenvalue weighted by molar-refractivity contribution is -0.150. The third kappa shape index (κ3) is 44.8. The highest BCUT2D eigenvalue weighted by Crippen LogP contribution is 2.26. The normalized spacial score (nSPS) is 11.6. The zero-order valence-electron chi connectivity index (χ0n) is 78.8. The lowest BCUT2D eigenvalue weighted by Crippen LogP contribution is -2.54. The number of nitrogens with one attached hydrogen (secondary N) is 17. The second-order valence-corrected chi connectivity index (χ2v) is 32.3. The molecule has 4 aromatic rings. The summed E-state index contributed by atoms with van der Waals surface area (Å²) in [6.45, 7) is -1.55. The van der Waals surface area contributed by atoms with Gasteiger partial charge in [-0.3, -0.25) is 101 Å². The number of benzene rings is 4. The van der Waals surface area contributed by atoms with Crippen LogP contribution in [-0.4, -0.2) is 356 Å². The molecule has 4 aromatic carbocycles. The molecule has 0 fully saturated rings. The van der Waals surface area contributed by atoms with Crippen molar-refractivity contribution in [1.29, 1.82) is 43.3 Å². The van der Waals surface area contributed by atoms with Crippen LogP contribution in [0.25, 0.3) is 0 Å². The number of nitrogens with zero attached hydrogens (tertiary/aromatic N) is 11. The van der Waals surface area contributed by atoms with Crippen LogP contribution in [0.5, 0.6) is 0 Å². The van der Waals surface area contributed by atoms with Crippen molar-refractivity contribution in [1.82, 2.24) is 102 Å². The first-order valence-corrected chi connectivity index (χ1v) is 45.1. The maximum atomic E-state index is 15.7. The van der Waals surface area contributed by atoms with Gasteiger partial charge in [-0.2, -0.15) is 0 Å². The molecule has 49 heteroatoms. The van der Waals surface area contributed by atoms with E-state index in [1.165, 1.54) is 34.3 Å². The predicted octanol–water partition coefficient (Wildman–Crippen LogP) is -4.79. The smallest absolute Gasteiger partial charge is 0.243 e. The Balaban J connectivity index is 1.85. The lowest BCUT2D eigenvalue weighted by Gasteiger charge is -2.36. The molecule has 0 aliphatic heterocycles. The molecule has 0 saturated heterocycles. The Labute approximate surface area is 799 Å². The molecular formula is C88H143N37O12. The molecule has 0 bridgehead atoms. The van der Waals surface area contributed by atoms with Crippen molar-refractivity contribution in [3.8, 4) is 0 Å². The lowest BCUT2D eigenvalue weighted by atomic mass is 10.1. The van der Waals surface area contributed by atoms with Gasteiger partial charge in [0.15, 0.2) is 47.7 Å². The van der Waals surface area contributed by atoms with Crippen LogP contribution in [0.15, 0.2) is 121 Å². The summed E-state index contributed by atoms with van der Waals surface area (Å²) in [6, 6.07) is 31.1. The van der Waals surface area contributed by atoms with Gasteiger partial charge in [-0.25, -0.2) is 0 Å². The van der Waals surface area contributed by atoms with Crippen LogP contribution in [-0.2, 0) is 57.5 Å². The van der Waals surface area contributed by atoms with Crippen LogP contribution in [0, 0.1) is 43.3 Å². The fraction of sp³-hybridized carbons (Fsp3) is 0.500. The fourth-order valence-electron chi connectivity index (χ4n) is 14.4. The number of guanidine groups is 8. The Hall–Kier alpha value is -15.4. The molecule has 0 aliphatic rings. The summed E-state index contributed by atoms with van der Waals surface area (Å²) in [7, 11) is 0. The highest BCUT2D eigenvalue weighted by molar-refractivity contribution is 5.96. The maximum Gasteiger partial charge on any atom is 0.243 e. The zero-order valence-corrected chi connectivity index (χ0v) is 78.8. The summed E-state index contributed by atoms with van der Waals surface area (Å²) in [5.41, 5.74) is 53.1. The molecule has 4 rings (SSSR count). The van der Waals surface area contributed by atoms with E-state index in [2.05, 4.69) is 47.9 Å². The Morgan fingerprint density at radius 3 is 0.584 bits per heavy atom.